The average molecular weight is 374 g/mol. The highest BCUT2D eigenvalue weighted by atomic mass is 32.2. The van der Waals surface area contributed by atoms with E-state index in [1.807, 2.05) is 13.0 Å². The first kappa shape index (κ1) is 17.1. The van der Waals surface area contributed by atoms with Gasteiger partial charge in [-0.15, -0.1) is 0 Å². The molecule has 1 fully saturated rings. The van der Waals surface area contributed by atoms with Gasteiger partial charge in [-0.3, -0.25) is 14.2 Å². The molecule has 0 unspecified atom stereocenters. The fourth-order valence-corrected chi connectivity index (χ4v) is 5.24. The number of benzene rings is 1. The number of anilines is 2. The number of aromatic nitrogens is 2. The number of carbonyl (C=O) groups excluding carboxylic acids is 1. The van der Waals surface area contributed by atoms with Crippen LogP contribution in [0, 0.1) is 6.92 Å². The van der Waals surface area contributed by atoms with Gasteiger partial charge in [-0.25, -0.2) is 8.42 Å². The standard InChI is InChI=1S/C18H22N4O3S/c1-12-7-8-13(22-9-4-10-26(22,24)25)11-16(12)19-18(23)17-14-5-2-3-6-15(14)20-21-17/h7-8,11H,2-6,9-10H2,1H3,(H,19,23)(H,20,21). The molecule has 0 spiro atoms. The fourth-order valence-electron chi connectivity index (χ4n) is 3.68. The van der Waals surface area contributed by atoms with E-state index in [1.165, 1.54) is 4.31 Å². The molecule has 0 saturated carbocycles. The first-order valence-corrected chi connectivity index (χ1v) is 10.6. The number of fused-ring (bicyclic) bond motifs is 1. The van der Waals surface area contributed by atoms with Gasteiger partial charge < -0.3 is 5.32 Å². The van der Waals surface area contributed by atoms with Gasteiger partial charge in [0.1, 0.15) is 0 Å². The second-order valence-electron chi connectivity index (χ2n) is 6.93. The highest BCUT2D eigenvalue weighted by Crippen LogP contribution is 2.29. The van der Waals surface area contributed by atoms with Crippen LogP contribution in [0.2, 0.25) is 0 Å². The minimum absolute atomic E-state index is 0.169. The molecule has 0 radical (unpaired) electrons. The molecule has 0 bridgehead atoms. The lowest BCUT2D eigenvalue weighted by atomic mass is 9.96. The Labute approximate surface area is 152 Å². The molecule has 1 amide bonds. The smallest absolute Gasteiger partial charge is 0.276 e. The number of carbonyl (C=O) groups is 1. The Morgan fingerprint density at radius 2 is 2.04 bits per heavy atom. The number of aryl methyl sites for hydroxylation is 2. The second kappa shape index (κ2) is 6.42. The van der Waals surface area contributed by atoms with E-state index < -0.39 is 10.0 Å². The number of rotatable bonds is 3. The van der Waals surface area contributed by atoms with E-state index in [0.29, 0.717) is 30.0 Å². The summed E-state index contributed by atoms with van der Waals surface area (Å²) in [7, 11) is -3.25. The molecule has 0 atom stereocenters. The average Bonchev–Trinajstić information content (AvgIpc) is 3.19. The van der Waals surface area contributed by atoms with E-state index in [9.17, 15) is 13.2 Å². The molecule has 1 aromatic carbocycles. The first-order valence-electron chi connectivity index (χ1n) is 8.94. The number of nitrogens with one attached hydrogen (secondary N) is 2. The molecule has 2 N–H and O–H groups in total. The Hall–Kier alpha value is -2.35. The minimum atomic E-state index is -3.25. The van der Waals surface area contributed by atoms with Crippen LogP contribution in [0.15, 0.2) is 18.2 Å². The zero-order chi connectivity index (χ0) is 18.3. The van der Waals surface area contributed by atoms with Crippen molar-refractivity contribution in [1.82, 2.24) is 10.2 Å². The highest BCUT2D eigenvalue weighted by molar-refractivity contribution is 7.93. The molecule has 4 rings (SSSR count). The van der Waals surface area contributed by atoms with Gasteiger partial charge in [0.15, 0.2) is 5.69 Å². The summed E-state index contributed by atoms with van der Waals surface area (Å²) < 4.78 is 25.7. The van der Waals surface area contributed by atoms with Crippen LogP contribution in [0.3, 0.4) is 0 Å². The van der Waals surface area contributed by atoms with E-state index in [1.54, 1.807) is 12.1 Å². The normalized spacial score (nSPS) is 18.6. The molecule has 7 nitrogen and oxygen atoms in total. The number of aromatic amines is 1. The molecule has 1 aromatic heterocycles. The number of sulfonamides is 1. The van der Waals surface area contributed by atoms with Crippen LogP contribution in [0.5, 0.6) is 0 Å². The molecule has 138 valence electrons. The Kier molecular flexibility index (Phi) is 4.22. The molecule has 2 aromatic rings. The predicted molar refractivity (Wildman–Crippen MR) is 100 cm³/mol. The van der Waals surface area contributed by atoms with Crippen molar-refractivity contribution in [2.75, 3.05) is 21.9 Å². The van der Waals surface area contributed by atoms with Crippen molar-refractivity contribution >= 4 is 27.3 Å². The first-order chi connectivity index (χ1) is 12.5. The SMILES string of the molecule is Cc1ccc(N2CCCS2(=O)=O)cc1NC(=O)c1n[nH]c2c1CCCC2. The van der Waals surface area contributed by atoms with Gasteiger partial charge in [0.25, 0.3) is 5.91 Å². The lowest BCUT2D eigenvalue weighted by molar-refractivity contribution is 0.102. The van der Waals surface area contributed by atoms with Gasteiger partial charge in [0.05, 0.1) is 11.4 Å². The summed E-state index contributed by atoms with van der Waals surface area (Å²) in [6, 6.07) is 5.35. The van der Waals surface area contributed by atoms with Crippen molar-refractivity contribution in [2.45, 2.75) is 39.0 Å². The molecule has 1 aliphatic heterocycles. The number of amides is 1. The molecular weight excluding hydrogens is 352 g/mol. The summed E-state index contributed by atoms with van der Waals surface area (Å²) >= 11 is 0. The van der Waals surface area contributed by atoms with Gasteiger partial charge in [-0.1, -0.05) is 6.07 Å². The van der Waals surface area contributed by atoms with Crippen molar-refractivity contribution in [3.05, 3.63) is 40.7 Å². The Balaban J connectivity index is 1.61. The fraction of sp³-hybridized carbons (Fsp3) is 0.444. The van der Waals surface area contributed by atoms with Crippen molar-refractivity contribution < 1.29 is 13.2 Å². The third kappa shape index (κ3) is 2.98. The van der Waals surface area contributed by atoms with E-state index in [-0.39, 0.29) is 11.7 Å². The van der Waals surface area contributed by atoms with Gasteiger partial charge >= 0.3 is 0 Å². The van der Waals surface area contributed by atoms with Crippen LogP contribution in [-0.4, -0.2) is 36.8 Å². The number of nitrogens with zero attached hydrogens (tertiary/aromatic N) is 2. The Bertz CT molecular complexity index is 965. The lowest BCUT2D eigenvalue weighted by Crippen LogP contribution is -2.25. The van der Waals surface area contributed by atoms with Crippen molar-refractivity contribution in [3.63, 3.8) is 0 Å². The monoisotopic (exact) mass is 374 g/mol. The zero-order valence-corrected chi connectivity index (χ0v) is 15.5. The number of hydrogen-bond donors (Lipinski definition) is 2. The zero-order valence-electron chi connectivity index (χ0n) is 14.7. The van der Waals surface area contributed by atoms with Crippen molar-refractivity contribution in [1.29, 1.82) is 0 Å². The molecule has 1 saturated heterocycles. The van der Waals surface area contributed by atoms with E-state index in [2.05, 4.69) is 15.5 Å². The van der Waals surface area contributed by atoms with Crippen LogP contribution in [0.25, 0.3) is 0 Å². The molecule has 26 heavy (non-hydrogen) atoms. The predicted octanol–water partition coefficient (Wildman–Crippen LogP) is 2.39. The maximum atomic E-state index is 12.7. The van der Waals surface area contributed by atoms with Crippen LogP contribution >= 0.6 is 0 Å². The summed E-state index contributed by atoms with van der Waals surface area (Å²) in [6.07, 6.45) is 4.59. The van der Waals surface area contributed by atoms with E-state index in [4.69, 9.17) is 0 Å². The maximum Gasteiger partial charge on any atom is 0.276 e. The van der Waals surface area contributed by atoms with Gasteiger partial charge in [0, 0.05) is 23.5 Å². The van der Waals surface area contributed by atoms with Crippen molar-refractivity contribution in [2.24, 2.45) is 0 Å². The van der Waals surface area contributed by atoms with Crippen molar-refractivity contribution in [3.8, 4) is 0 Å². The van der Waals surface area contributed by atoms with E-state index >= 15 is 0 Å². The largest absolute Gasteiger partial charge is 0.320 e. The minimum Gasteiger partial charge on any atom is -0.320 e. The molecule has 8 heteroatoms. The summed E-state index contributed by atoms with van der Waals surface area (Å²) in [6.45, 7) is 2.36. The van der Waals surface area contributed by atoms with Crippen LogP contribution in [0.1, 0.15) is 46.6 Å². The lowest BCUT2D eigenvalue weighted by Gasteiger charge is -2.19. The maximum absolute atomic E-state index is 12.7. The van der Waals surface area contributed by atoms with Crippen LogP contribution in [0.4, 0.5) is 11.4 Å². The highest BCUT2D eigenvalue weighted by Gasteiger charge is 2.29. The molecule has 2 heterocycles. The Morgan fingerprint density at radius 1 is 1.23 bits per heavy atom. The second-order valence-corrected chi connectivity index (χ2v) is 8.94. The summed E-state index contributed by atoms with van der Waals surface area (Å²) in [5.41, 5.74) is 4.58. The third-order valence-electron chi connectivity index (χ3n) is 5.13. The molecule has 1 aliphatic carbocycles. The van der Waals surface area contributed by atoms with E-state index in [0.717, 1.165) is 42.5 Å². The third-order valence-corrected chi connectivity index (χ3v) is 7.00. The topological polar surface area (TPSA) is 95.2 Å². The molecular formula is C18H22N4O3S. The van der Waals surface area contributed by atoms with Gasteiger partial charge in [-0.2, -0.15) is 5.10 Å². The summed E-state index contributed by atoms with van der Waals surface area (Å²) in [4.78, 5) is 12.7. The van der Waals surface area contributed by atoms with Gasteiger partial charge in [0.2, 0.25) is 10.0 Å². The molecule has 2 aliphatic rings. The number of H-pyrrole nitrogens is 1. The summed E-state index contributed by atoms with van der Waals surface area (Å²) in [5.74, 6) is -0.0870. The summed E-state index contributed by atoms with van der Waals surface area (Å²) in [5, 5.41) is 10.1. The quantitative estimate of drug-likeness (QED) is 0.862. The number of hydrogen-bond acceptors (Lipinski definition) is 4. The van der Waals surface area contributed by atoms with Crippen LogP contribution in [-0.2, 0) is 22.9 Å². The van der Waals surface area contributed by atoms with Crippen LogP contribution < -0.4 is 9.62 Å². The van der Waals surface area contributed by atoms with Gasteiger partial charge in [-0.05, 0) is 56.7 Å². The Morgan fingerprint density at radius 3 is 2.81 bits per heavy atom.